The number of hydrogen-bond donors (Lipinski definition) is 3. The average Bonchev–Trinajstić information content (AvgIpc) is 2.91. The van der Waals surface area contributed by atoms with E-state index in [1.807, 2.05) is 20.8 Å². The number of ether oxygens (including phenoxy) is 1. The van der Waals surface area contributed by atoms with Gasteiger partial charge in [-0.2, -0.15) is 4.37 Å². The average molecular weight is 330 g/mol. The molecule has 1 aliphatic heterocycles. The van der Waals surface area contributed by atoms with E-state index < -0.39 is 6.10 Å². The maximum atomic E-state index is 9.97. The number of nitrogens with zero attached hydrogens (tertiary/aromatic N) is 3. The lowest BCUT2D eigenvalue weighted by atomic mass is 10.1. The Kier molecular flexibility index (Phi) is 5.96. The van der Waals surface area contributed by atoms with Gasteiger partial charge in [-0.1, -0.05) is 0 Å². The molecule has 7 nitrogen and oxygen atoms in total. The van der Waals surface area contributed by atoms with Gasteiger partial charge < -0.3 is 25.2 Å². The quantitative estimate of drug-likeness (QED) is 0.704. The molecule has 1 aromatic rings. The second-order valence-corrected chi connectivity index (χ2v) is 7.24. The predicted octanol–water partition coefficient (Wildman–Crippen LogP) is 0.627. The molecule has 1 atom stereocenters. The van der Waals surface area contributed by atoms with Crippen LogP contribution in [-0.2, 0) is 0 Å². The molecule has 22 heavy (non-hydrogen) atoms. The van der Waals surface area contributed by atoms with Crippen molar-refractivity contribution in [1.82, 2.24) is 14.1 Å². The highest BCUT2D eigenvalue weighted by atomic mass is 32.1. The van der Waals surface area contributed by atoms with Gasteiger partial charge in [0.2, 0.25) is 5.82 Å². The SMILES string of the molecule is CC(C)(C)NC[C@H](O)COc1nsnc1N1CCC(O)CC1. The van der Waals surface area contributed by atoms with E-state index in [4.69, 9.17) is 4.74 Å². The summed E-state index contributed by atoms with van der Waals surface area (Å²) < 4.78 is 14.1. The van der Waals surface area contributed by atoms with Crippen LogP contribution in [0.25, 0.3) is 0 Å². The van der Waals surface area contributed by atoms with Crippen LogP contribution in [0.5, 0.6) is 5.88 Å². The number of anilines is 1. The number of aliphatic hydroxyl groups excluding tert-OH is 2. The highest BCUT2D eigenvalue weighted by molar-refractivity contribution is 6.99. The van der Waals surface area contributed by atoms with Crippen LogP contribution in [0.15, 0.2) is 0 Å². The number of β-amino-alcohol motifs (C(OH)–C–C–N with tert-alkyl or cyclic N) is 1. The monoisotopic (exact) mass is 330 g/mol. The van der Waals surface area contributed by atoms with Crippen LogP contribution in [-0.4, -0.2) is 62.9 Å². The standard InChI is InChI=1S/C14H26N4O3S/c1-14(2,3)15-8-11(20)9-21-13-12(16-22-17-13)18-6-4-10(19)5-7-18/h10-11,15,19-20H,4-9H2,1-3H3/t11-/m0/s1. The van der Waals surface area contributed by atoms with Crippen LogP contribution < -0.4 is 15.0 Å². The first kappa shape index (κ1) is 17.4. The zero-order chi connectivity index (χ0) is 16.2. The first-order valence-corrected chi connectivity index (χ1v) is 8.39. The minimum atomic E-state index is -0.600. The van der Waals surface area contributed by atoms with Crippen LogP contribution in [0, 0.1) is 0 Å². The molecule has 1 saturated heterocycles. The van der Waals surface area contributed by atoms with Crippen molar-refractivity contribution >= 4 is 17.5 Å². The molecule has 0 aromatic carbocycles. The molecule has 2 rings (SSSR count). The van der Waals surface area contributed by atoms with E-state index in [-0.39, 0.29) is 18.2 Å². The third kappa shape index (κ3) is 5.35. The van der Waals surface area contributed by atoms with Crippen LogP contribution in [0.3, 0.4) is 0 Å². The summed E-state index contributed by atoms with van der Waals surface area (Å²) in [6.45, 7) is 8.29. The summed E-state index contributed by atoms with van der Waals surface area (Å²) in [6, 6.07) is 0. The molecule has 0 aliphatic carbocycles. The molecule has 0 radical (unpaired) electrons. The fraction of sp³-hybridized carbons (Fsp3) is 0.857. The molecule has 1 fully saturated rings. The Labute approximate surface area is 135 Å². The Bertz CT molecular complexity index is 455. The first-order chi connectivity index (χ1) is 10.3. The summed E-state index contributed by atoms with van der Waals surface area (Å²) in [5.74, 6) is 1.18. The molecule has 126 valence electrons. The topological polar surface area (TPSA) is 90.7 Å². The Hall–Kier alpha value is -0.960. The lowest BCUT2D eigenvalue weighted by Crippen LogP contribution is -2.42. The molecule has 1 aromatic heterocycles. The van der Waals surface area contributed by atoms with Gasteiger partial charge >= 0.3 is 0 Å². The summed E-state index contributed by atoms with van der Waals surface area (Å²) in [5, 5.41) is 22.8. The van der Waals surface area contributed by atoms with Crippen molar-refractivity contribution in [1.29, 1.82) is 0 Å². The lowest BCUT2D eigenvalue weighted by molar-refractivity contribution is 0.0981. The van der Waals surface area contributed by atoms with Crippen molar-refractivity contribution in [3.8, 4) is 5.88 Å². The van der Waals surface area contributed by atoms with E-state index in [1.54, 1.807) is 0 Å². The maximum absolute atomic E-state index is 9.97. The molecule has 0 bridgehead atoms. The lowest BCUT2D eigenvalue weighted by Gasteiger charge is -2.29. The van der Waals surface area contributed by atoms with E-state index in [0.717, 1.165) is 37.7 Å². The van der Waals surface area contributed by atoms with Gasteiger partial charge in [-0.05, 0) is 33.6 Å². The van der Waals surface area contributed by atoms with Crippen molar-refractivity contribution in [2.24, 2.45) is 0 Å². The largest absolute Gasteiger partial charge is 0.472 e. The number of aromatic nitrogens is 2. The van der Waals surface area contributed by atoms with Gasteiger partial charge in [0.25, 0.3) is 5.88 Å². The molecular weight excluding hydrogens is 304 g/mol. The zero-order valence-corrected chi connectivity index (χ0v) is 14.3. The molecular formula is C14H26N4O3S. The smallest absolute Gasteiger partial charge is 0.270 e. The van der Waals surface area contributed by atoms with Crippen molar-refractivity contribution in [3.05, 3.63) is 0 Å². The third-order valence-corrected chi connectivity index (χ3v) is 3.99. The second-order valence-electron chi connectivity index (χ2n) is 6.71. The van der Waals surface area contributed by atoms with Gasteiger partial charge in [0.1, 0.15) is 12.7 Å². The van der Waals surface area contributed by atoms with Crippen molar-refractivity contribution in [3.63, 3.8) is 0 Å². The molecule has 1 aliphatic rings. The predicted molar refractivity (Wildman–Crippen MR) is 86.6 cm³/mol. The number of nitrogens with one attached hydrogen (secondary N) is 1. The van der Waals surface area contributed by atoms with Gasteiger partial charge in [0, 0.05) is 25.2 Å². The number of hydrogen-bond acceptors (Lipinski definition) is 8. The van der Waals surface area contributed by atoms with Gasteiger partial charge in [0.05, 0.1) is 17.8 Å². The fourth-order valence-electron chi connectivity index (χ4n) is 2.20. The summed E-state index contributed by atoms with van der Waals surface area (Å²) in [7, 11) is 0. The van der Waals surface area contributed by atoms with Crippen LogP contribution in [0.4, 0.5) is 5.82 Å². The molecule has 2 heterocycles. The molecule has 0 saturated carbocycles. The van der Waals surface area contributed by atoms with E-state index in [1.165, 1.54) is 0 Å². The highest BCUT2D eigenvalue weighted by Gasteiger charge is 2.23. The van der Waals surface area contributed by atoms with Crippen LogP contribution in [0.1, 0.15) is 33.6 Å². The molecule has 8 heteroatoms. The Morgan fingerprint density at radius 2 is 2.05 bits per heavy atom. The minimum Gasteiger partial charge on any atom is -0.472 e. The normalized spacial score (nSPS) is 18.5. The molecule has 3 N–H and O–H groups in total. The highest BCUT2D eigenvalue weighted by Crippen LogP contribution is 2.28. The summed E-state index contributed by atoms with van der Waals surface area (Å²) in [6.07, 6.45) is 0.638. The van der Waals surface area contributed by atoms with E-state index in [9.17, 15) is 10.2 Å². The third-order valence-electron chi connectivity index (χ3n) is 3.49. The summed E-state index contributed by atoms with van der Waals surface area (Å²) in [4.78, 5) is 2.07. The zero-order valence-electron chi connectivity index (χ0n) is 13.4. The van der Waals surface area contributed by atoms with E-state index in [2.05, 4.69) is 19.0 Å². The van der Waals surface area contributed by atoms with Crippen molar-refractivity contribution in [2.45, 2.75) is 51.4 Å². The van der Waals surface area contributed by atoms with Crippen molar-refractivity contribution in [2.75, 3.05) is 31.1 Å². The Balaban J connectivity index is 1.82. The molecule has 0 spiro atoms. The molecule has 0 amide bonds. The Morgan fingerprint density at radius 3 is 2.68 bits per heavy atom. The summed E-state index contributed by atoms with van der Waals surface area (Å²) in [5.41, 5.74) is -0.0387. The van der Waals surface area contributed by atoms with Gasteiger partial charge in [-0.3, -0.25) is 0 Å². The Morgan fingerprint density at radius 1 is 1.36 bits per heavy atom. The van der Waals surface area contributed by atoms with Gasteiger partial charge in [-0.25, -0.2) is 0 Å². The summed E-state index contributed by atoms with van der Waals surface area (Å²) >= 11 is 1.10. The van der Waals surface area contributed by atoms with Crippen molar-refractivity contribution < 1.29 is 14.9 Å². The number of rotatable bonds is 6. The number of piperidine rings is 1. The second kappa shape index (κ2) is 7.54. The van der Waals surface area contributed by atoms with Gasteiger partial charge in [-0.15, -0.1) is 4.37 Å². The van der Waals surface area contributed by atoms with E-state index in [0.29, 0.717) is 18.2 Å². The van der Waals surface area contributed by atoms with Crippen LogP contribution in [0.2, 0.25) is 0 Å². The number of aliphatic hydroxyl groups is 2. The fourth-order valence-corrected chi connectivity index (χ4v) is 2.72. The van der Waals surface area contributed by atoms with Crippen LogP contribution >= 0.6 is 11.7 Å². The maximum Gasteiger partial charge on any atom is 0.270 e. The minimum absolute atomic E-state index is 0.0387. The molecule has 0 unspecified atom stereocenters. The van der Waals surface area contributed by atoms with Gasteiger partial charge in [0.15, 0.2) is 0 Å². The first-order valence-electron chi connectivity index (χ1n) is 7.66. The van der Waals surface area contributed by atoms with E-state index >= 15 is 0 Å².